The van der Waals surface area contributed by atoms with Gasteiger partial charge >= 0.3 is 5.69 Å². The Kier molecular flexibility index (Phi) is 3.92. The predicted molar refractivity (Wildman–Crippen MR) is 101 cm³/mol. The van der Waals surface area contributed by atoms with Gasteiger partial charge in [-0.25, -0.2) is 28.2 Å². The minimum absolute atomic E-state index is 0.0111. The van der Waals surface area contributed by atoms with Gasteiger partial charge in [-0.2, -0.15) is 0 Å². The van der Waals surface area contributed by atoms with Gasteiger partial charge in [0.15, 0.2) is 5.65 Å². The van der Waals surface area contributed by atoms with Gasteiger partial charge in [0.2, 0.25) is 5.95 Å². The summed E-state index contributed by atoms with van der Waals surface area (Å²) in [7, 11) is 1.53. The van der Waals surface area contributed by atoms with E-state index in [-0.39, 0.29) is 11.8 Å². The molecule has 4 rings (SSSR count). The van der Waals surface area contributed by atoms with Crippen molar-refractivity contribution in [3.63, 3.8) is 0 Å². The summed E-state index contributed by atoms with van der Waals surface area (Å²) in [6.45, 7) is 1.81. The van der Waals surface area contributed by atoms with Crippen LogP contribution in [0.4, 0.5) is 10.3 Å². The van der Waals surface area contributed by atoms with E-state index < -0.39 is 5.69 Å². The van der Waals surface area contributed by atoms with Crippen LogP contribution in [0.25, 0.3) is 28.0 Å². The molecule has 3 heterocycles. The van der Waals surface area contributed by atoms with E-state index in [4.69, 9.17) is 17.3 Å². The number of anilines is 1. The summed E-state index contributed by atoms with van der Waals surface area (Å²) in [6, 6.07) is 9.31. The number of benzene rings is 1. The zero-order valence-corrected chi connectivity index (χ0v) is 15.2. The Morgan fingerprint density at radius 3 is 2.48 bits per heavy atom. The Bertz CT molecular complexity index is 1230. The summed E-state index contributed by atoms with van der Waals surface area (Å²) in [5.41, 5.74) is 8.96. The molecule has 0 radical (unpaired) electrons. The Balaban J connectivity index is 2.17. The Morgan fingerprint density at radius 2 is 1.81 bits per heavy atom. The molecule has 0 saturated carbocycles. The van der Waals surface area contributed by atoms with Crippen molar-refractivity contribution in [1.82, 2.24) is 24.1 Å². The zero-order valence-electron chi connectivity index (χ0n) is 14.4. The number of halogens is 2. The number of hydrogen-bond donors (Lipinski definition) is 1. The van der Waals surface area contributed by atoms with Crippen molar-refractivity contribution in [2.24, 2.45) is 7.05 Å². The number of nitrogen functional groups attached to an aromatic ring is 1. The van der Waals surface area contributed by atoms with Crippen molar-refractivity contribution < 1.29 is 4.39 Å². The molecule has 0 aliphatic rings. The molecule has 0 fully saturated rings. The van der Waals surface area contributed by atoms with Crippen LogP contribution in [0.15, 0.2) is 41.2 Å². The first-order valence-corrected chi connectivity index (χ1v) is 8.38. The van der Waals surface area contributed by atoms with Crippen LogP contribution in [0.5, 0.6) is 0 Å². The van der Waals surface area contributed by atoms with Gasteiger partial charge in [-0.15, -0.1) is 5.10 Å². The fourth-order valence-electron chi connectivity index (χ4n) is 3.01. The first-order valence-electron chi connectivity index (χ1n) is 8.01. The average Bonchev–Trinajstić information content (AvgIpc) is 2.90. The minimum Gasteiger partial charge on any atom is -0.369 e. The van der Waals surface area contributed by atoms with Crippen LogP contribution in [0.3, 0.4) is 0 Å². The van der Waals surface area contributed by atoms with Gasteiger partial charge in [-0.05, 0) is 48.9 Å². The molecule has 1 aromatic carbocycles. The number of pyridine rings is 1. The molecule has 0 saturated heterocycles. The molecule has 0 amide bonds. The smallest absolute Gasteiger partial charge is 0.352 e. The van der Waals surface area contributed by atoms with E-state index >= 15 is 0 Å². The highest BCUT2D eigenvalue weighted by Crippen LogP contribution is 2.35. The molecule has 27 heavy (non-hydrogen) atoms. The average molecular weight is 385 g/mol. The third-order valence-corrected chi connectivity index (χ3v) is 4.36. The van der Waals surface area contributed by atoms with E-state index in [1.807, 2.05) is 6.07 Å². The Hall–Kier alpha value is -3.26. The molecule has 0 atom stereocenters. The van der Waals surface area contributed by atoms with Gasteiger partial charge in [0.1, 0.15) is 11.0 Å². The molecule has 136 valence electrons. The molecule has 7 nitrogen and oxygen atoms in total. The van der Waals surface area contributed by atoms with Gasteiger partial charge in [0, 0.05) is 18.3 Å². The Morgan fingerprint density at radius 1 is 1.11 bits per heavy atom. The molecule has 2 N–H and O–H groups in total. The molecule has 0 aliphatic heterocycles. The second-order valence-electron chi connectivity index (χ2n) is 6.09. The zero-order chi connectivity index (χ0) is 19.3. The highest BCUT2D eigenvalue weighted by atomic mass is 35.5. The topological polar surface area (TPSA) is 91.1 Å². The number of hydrogen-bond acceptors (Lipinski definition) is 5. The predicted octanol–water partition coefficient (Wildman–Crippen LogP) is 2.84. The summed E-state index contributed by atoms with van der Waals surface area (Å²) in [6.07, 6.45) is 0. The lowest BCUT2D eigenvalue weighted by atomic mass is 10.00. The van der Waals surface area contributed by atoms with Crippen LogP contribution < -0.4 is 11.4 Å². The quantitative estimate of drug-likeness (QED) is 0.536. The van der Waals surface area contributed by atoms with Crippen molar-refractivity contribution in [2.75, 3.05) is 5.73 Å². The van der Waals surface area contributed by atoms with Crippen LogP contribution in [-0.4, -0.2) is 24.1 Å². The highest BCUT2D eigenvalue weighted by molar-refractivity contribution is 6.29. The Labute approximate surface area is 157 Å². The SMILES string of the molecule is Cc1cc(-c2c(-c3ccc(F)cc3)nc(N)n3c(=O)n(C)nc23)cc(Cl)n1. The summed E-state index contributed by atoms with van der Waals surface area (Å²) in [5, 5.41) is 4.62. The first-order chi connectivity index (χ1) is 12.8. The van der Waals surface area contributed by atoms with E-state index in [1.54, 1.807) is 25.1 Å². The van der Waals surface area contributed by atoms with Gasteiger partial charge in [0.25, 0.3) is 0 Å². The highest BCUT2D eigenvalue weighted by Gasteiger charge is 2.21. The number of aryl methyl sites for hydroxylation is 2. The first kappa shape index (κ1) is 17.2. The monoisotopic (exact) mass is 384 g/mol. The third-order valence-electron chi connectivity index (χ3n) is 4.17. The molecule has 3 aromatic heterocycles. The second-order valence-corrected chi connectivity index (χ2v) is 6.47. The minimum atomic E-state index is -0.418. The normalized spacial score (nSPS) is 11.3. The van der Waals surface area contributed by atoms with Crippen molar-refractivity contribution in [3.05, 3.63) is 63.5 Å². The van der Waals surface area contributed by atoms with Gasteiger partial charge in [-0.3, -0.25) is 0 Å². The van der Waals surface area contributed by atoms with Gasteiger partial charge in [0.05, 0.1) is 11.3 Å². The molecule has 0 unspecified atom stereocenters. The van der Waals surface area contributed by atoms with Crippen molar-refractivity contribution in [3.8, 4) is 22.4 Å². The maximum Gasteiger partial charge on any atom is 0.352 e. The van der Waals surface area contributed by atoms with Crippen LogP contribution in [0.1, 0.15) is 5.69 Å². The number of aromatic nitrogens is 5. The summed E-state index contributed by atoms with van der Waals surface area (Å²) >= 11 is 6.14. The molecule has 0 spiro atoms. The van der Waals surface area contributed by atoms with Crippen LogP contribution in [-0.2, 0) is 7.05 Å². The molecule has 9 heteroatoms. The van der Waals surface area contributed by atoms with E-state index in [1.165, 1.54) is 28.3 Å². The number of nitrogens with zero attached hydrogens (tertiary/aromatic N) is 5. The van der Waals surface area contributed by atoms with Crippen molar-refractivity contribution >= 4 is 23.2 Å². The standard InChI is InChI=1S/C18H14ClFN6O/c1-9-7-11(8-13(19)22-9)14-15(10-3-5-12(20)6-4-10)23-17(21)26-16(14)24-25(2)18(26)27/h3-8H,1-2H3,(H2,21,23). The summed E-state index contributed by atoms with van der Waals surface area (Å²) in [4.78, 5) is 21.0. The largest absolute Gasteiger partial charge is 0.369 e. The summed E-state index contributed by atoms with van der Waals surface area (Å²) < 4.78 is 15.8. The van der Waals surface area contributed by atoms with Gasteiger partial charge < -0.3 is 5.73 Å². The van der Waals surface area contributed by atoms with E-state index in [0.717, 1.165) is 0 Å². The van der Waals surface area contributed by atoms with E-state index in [9.17, 15) is 9.18 Å². The van der Waals surface area contributed by atoms with Gasteiger partial charge in [-0.1, -0.05) is 11.6 Å². The maximum atomic E-state index is 13.4. The molecule has 0 bridgehead atoms. The second kappa shape index (κ2) is 6.17. The lowest BCUT2D eigenvalue weighted by Gasteiger charge is -2.12. The van der Waals surface area contributed by atoms with E-state index in [0.29, 0.717) is 38.9 Å². The summed E-state index contributed by atoms with van der Waals surface area (Å²) in [5.74, 6) is -0.380. The number of fused-ring (bicyclic) bond motifs is 1. The molecular formula is C18H14ClFN6O. The lowest BCUT2D eigenvalue weighted by molar-refractivity contribution is 0.628. The van der Waals surface area contributed by atoms with Crippen LogP contribution >= 0.6 is 11.6 Å². The molecular weight excluding hydrogens is 371 g/mol. The van der Waals surface area contributed by atoms with Crippen LogP contribution in [0, 0.1) is 12.7 Å². The fourth-order valence-corrected chi connectivity index (χ4v) is 3.27. The maximum absolute atomic E-state index is 13.4. The van der Waals surface area contributed by atoms with Crippen LogP contribution in [0.2, 0.25) is 5.15 Å². The lowest BCUT2D eigenvalue weighted by Crippen LogP contribution is -2.20. The molecule has 4 aromatic rings. The van der Waals surface area contributed by atoms with Crippen molar-refractivity contribution in [1.29, 1.82) is 0 Å². The molecule has 0 aliphatic carbocycles. The van der Waals surface area contributed by atoms with E-state index in [2.05, 4.69) is 15.1 Å². The van der Waals surface area contributed by atoms with Crippen molar-refractivity contribution in [2.45, 2.75) is 6.92 Å². The number of rotatable bonds is 2. The third kappa shape index (κ3) is 2.83. The number of nitrogens with two attached hydrogens (primary N) is 1. The fraction of sp³-hybridized carbons (Fsp3) is 0.111.